The van der Waals surface area contributed by atoms with Crippen LogP contribution in [0.2, 0.25) is 0 Å². The van der Waals surface area contributed by atoms with Gasteiger partial charge < -0.3 is 10.6 Å². The molecule has 1 aliphatic rings. The molecule has 108 valence electrons. The molecule has 2 N–H and O–H groups in total. The summed E-state index contributed by atoms with van der Waals surface area (Å²) in [7, 11) is 0. The quantitative estimate of drug-likeness (QED) is 0.655. The lowest BCUT2D eigenvalue weighted by molar-refractivity contribution is -0.385. The number of nitrogen functional groups attached to an aromatic ring is 1. The number of hydrogen-bond acceptors (Lipinski definition) is 5. The van der Waals surface area contributed by atoms with Gasteiger partial charge in [0.2, 0.25) is 0 Å². The summed E-state index contributed by atoms with van der Waals surface area (Å²) >= 11 is 0. The number of carbonyl (C=O) groups excluding carboxylic acids is 1. The molecule has 0 aliphatic carbocycles. The van der Waals surface area contributed by atoms with Crippen molar-refractivity contribution in [2.75, 3.05) is 18.8 Å². The summed E-state index contributed by atoms with van der Waals surface area (Å²) in [6.07, 6.45) is 1.99. The Labute approximate surface area is 116 Å². The maximum absolute atomic E-state index is 12.4. The summed E-state index contributed by atoms with van der Waals surface area (Å²) in [5.41, 5.74) is 5.57. The van der Waals surface area contributed by atoms with Crippen molar-refractivity contribution in [2.24, 2.45) is 11.8 Å². The lowest BCUT2D eigenvalue weighted by Crippen LogP contribution is -2.42. The Morgan fingerprint density at radius 3 is 2.80 bits per heavy atom. The standard InChI is InChI=1S/C13H18N4O3/c1-8-3-4-16(7-9(8)2)13(18)11-5-10(17(19)20)6-15-12(11)14/h5-6,8-9H,3-4,7H2,1-2H3,(H2,14,15). The second-order valence-electron chi connectivity index (χ2n) is 5.38. The molecule has 0 saturated carbocycles. The minimum absolute atomic E-state index is 0.0341. The monoisotopic (exact) mass is 278 g/mol. The molecule has 2 unspecified atom stereocenters. The summed E-state index contributed by atoms with van der Waals surface area (Å²) in [6.45, 7) is 5.55. The number of amides is 1. The van der Waals surface area contributed by atoms with Gasteiger partial charge in [0, 0.05) is 19.2 Å². The van der Waals surface area contributed by atoms with E-state index < -0.39 is 4.92 Å². The van der Waals surface area contributed by atoms with E-state index in [0.717, 1.165) is 12.6 Å². The number of anilines is 1. The van der Waals surface area contributed by atoms with Crippen LogP contribution in [0.15, 0.2) is 12.3 Å². The number of carbonyl (C=O) groups is 1. The Balaban J connectivity index is 2.25. The first kappa shape index (κ1) is 14.2. The zero-order valence-corrected chi connectivity index (χ0v) is 11.6. The lowest BCUT2D eigenvalue weighted by atomic mass is 9.88. The third kappa shape index (κ3) is 2.71. The molecule has 2 heterocycles. The highest BCUT2D eigenvalue weighted by Gasteiger charge is 2.28. The Hall–Kier alpha value is -2.18. The molecule has 7 heteroatoms. The first-order valence-electron chi connectivity index (χ1n) is 6.59. The molecule has 1 saturated heterocycles. The van der Waals surface area contributed by atoms with Crippen molar-refractivity contribution in [3.63, 3.8) is 0 Å². The molecule has 0 aromatic carbocycles. The van der Waals surface area contributed by atoms with Gasteiger partial charge in [0.05, 0.1) is 10.5 Å². The number of aromatic nitrogens is 1. The van der Waals surface area contributed by atoms with Crippen molar-refractivity contribution in [3.8, 4) is 0 Å². The molecule has 7 nitrogen and oxygen atoms in total. The molecule has 1 aromatic rings. The first-order chi connectivity index (χ1) is 9.40. The van der Waals surface area contributed by atoms with E-state index >= 15 is 0 Å². The highest BCUT2D eigenvalue weighted by molar-refractivity contribution is 5.98. The van der Waals surface area contributed by atoms with Crippen molar-refractivity contribution in [2.45, 2.75) is 20.3 Å². The second-order valence-corrected chi connectivity index (χ2v) is 5.38. The molecule has 1 fully saturated rings. The van der Waals surface area contributed by atoms with Gasteiger partial charge in [-0.15, -0.1) is 0 Å². The number of pyridine rings is 1. The van der Waals surface area contributed by atoms with Gasteiger partial charge in [0.15, 0.2) is 0 Å². The molecule has 20 heavy (non-hydrogen) atoms. The Kier molecular flexibility index (Phi) is 3.87. The topological polar surface area (TPSA) is 102 Å². The van der Waals surface area contributed by atoms with Gasteiger partial charge in [-0.1, -0.05) is 13.8 Å². The van der Waals surface area contributed by atoms with E-state index in [1.807, 2.05) is 0 Å². The minimum atomic E-state index is -0.579. The van der Waals surface area contributed by atoms with Crippen LogP contribution >= 0.6 is 0 Å². The van der Waals surface area contributed by atoms with Gasteiger partial charge in [-0.2, -0.15) is 0 Å². The van der Waals surface area contributed by atoms with Crippen molar-refractivity contribution < 1.29 is 9.72 Å². The highest BCUT2D eigenvalue weighted by Crippen LogP contribution is 2.25. The molecule has 0 spiro atoms. The molecule has 1 aromatic heterocycles. The number of likely N-dealkylation sites (tertiary alicyclic amines) is 1. The smallest absolute Gasteiger partial charge is 0.288 e. The molecule has 2 rings (SSSR count). The molecular formula is C13H18N4O3. The van der Waals surface area contributed by atoms with Crippen LogP contribution in [0.1, 0.15) is 30.6 Å². The molecule has 2 atom stereocenters. The van der Waals surface area contributed by atoms with Crippen LogP contribution in [-0.2, 0) is 0 Å². The Morgan fingerprint density at radius 1 is 1.50 bits per heavy atom. The van der Waals surface area contributed by atoms with Crippen molar-refractivity contribution in [3.05, 3.63) is 27.9 Å². The molecular weight excluding hydrogens is 260 g/mol. The lowest BCUT2D eigenvalue weighted by Gasteiger charge is -2.35. The Morgan fingerprint density at radius 2 is 2.20 bits per heavy atom. The molecule has 0 bridgehead atoms. The van der Waals surface area contributed by atoms with Crippen LogP contribution < -0.4 is 5.73 Å². The second kappa shape index (κ2) is 5.44. The normalized spacial score (nSPS) is 22.6. The van der Waals surface area contributed by atoms with E-state index in [4.69, 9.17) is 5.73 Å². The maximum Gasteiger partial charge on any atom is 0.288 e. The van der Waals surface area contributed by atoms with Crippen LogP contribution in [0.25, 0.3) is 0 Å². The first-order valence-corrected chi connectivity index (χ1v) is 6.59. The van der Waals surface area contributed by atoms with Gasteiger partial charge in [0.25, 0.3) is 11.6 Å². The van der Waals surface area contributed by atoms with Crippen molar-refractivity contribution in [1.29, 1.82) is 0 Å². The van der Waals surface area contributed by atoms with E-state index in [1.165, 1.54) is 6.07 Å². The fourth-order valence-electron chi connectivity index (χ4n) is 2.35. The van der Waals surface area contributed by atoms with Gasteiger partial charge in [-0.25, -0.2) is 4.98 Å². The predicted octanol–water partition coefficient (Wildman–Crippen LogP) is 1.69. The van der Waals surface area contributed by atoms with Crippen molar-refractivity contribution in [1.82, 2.24) is 9.88 Å². The van der Waals surface area contributed by atoms with Crippen LogP contribution in [0.3, 0.4) is 0 Å². The van der Waals surface area contributed by atoms with E-state index in [2.05, 4.69) is 18.8 Å². The summed E-state index contributed by atoms with van der Waals surface area (Å²) < 4.78 is 0. The zero-order chi connectivity index (χ0) is 14.9. The number of piperidine rings is 1. The summed E-state index contributed by atoms with van der Waals surface area (Å²) in [5, 5.41) is 10.8. The van der Waals surface area contributed by atoms with Gasteiger partial charge in [0.1, 0.15) is 12.0 Å². The fraction of sp³-hybridized carbons (Fsp3) is 0.538. The molecule has 1 amide bonds. The minimum Gasteiger partial charge on any atom is -0.383 e. The number of hydrogen-bond donors (Lipinski definition) is 1. The SMILES string of the molecule is CC1CCN(C(=O)c2cc([N+](=O)[O-])cnc2N)CC1C. The van der Waals surface area contributed by atoms with E-state index in [-0.39, 0.29) is 23.0 Å². The van der Waals surface area contributed by atoms with E-state index in [9.17, 15) is 14.9 Å². The third-order valence-corrected chi connectivity index (χ3v) is 3.97. The average Bonchev–Trinajstić information content (AvgIpc) is 2.41. The summed E-state index contributed by atoms with van der Waals surface area (Å²) in [4.78, 5) is 28.0. The number of rotatable bonds is 2. The van der Waals surface area contributed by atoms with Gasteiger partial charge in [-0.3, -0.25) is 14.9 Å². The van der Waals surface area contributed by atoms with Crippen LogP contribution in [0.5, 0.6) is 0 Å². The van der Waals surface area contributed by atoms with E-state index in [0.29, 0.717) is 24.9 Å². The molecule has 0 radical (unpaired) electrons. The van der Waals surface area contributed by atoms with Crippen LogP contribution in [0, 0.1) is 22.0 Å². The van der Waals surface area contributed by atoms with Crippen LogP contribution in [-0.4, -0.2) is 33.8 Å². The highest BCUT2D eigenvalue weighted by atomic mass is 16.6. The van der Waals surface area contributed by atoms with Crippen LogP contribution in [0.4, 0.5) is 11.5 Å². The Bertz CT molecular complexity index is 546. The number of nitro groups is 1. The largest absolute Gasteiger partial charge is 0.383 e. The zero-order valence-electron chi connectivity index (χ0n) is 11.6. The van der Waals surface area contributed by atoms with Crippen molar-refractivity contribution >= 4 is 17.4 Å². The van der Waals surface area contributed by atoms with E-state index in [1.54, 1.807) is 4.90 Å². The maximum atomic E-state index is 12.4. The van der Waals surface area contributed by atoms with Gasteiger partial charge >= 0.3 is 0 Å². The number of nitrogens with zero attached hydrogens (tertiary/aromatic N) is 3. The third-order valence-electron chi connectivity index (χ3n) is 3.97. The fourth-order valence-corrected chi connectivity index (χ4v) is 2.35. The summed E-state index contributed by atoms with van der Waals surface area (Å²) in [6, 6.07) is 1.20. The predicted molar refractivity (Wildman–Crippen MR) is 74.2 cm³/mol. The van der Waals surface area contributed by atoms with Gasteiger partial charge in [-0.05, 0) is 18.3 Å². The summed E-state index contributed by atoms with van der Waals surface area (Å²) in [5.74, 6) is 0.726. The number of nitrogens with two attached hydrogens (primary N) is 1. The molecule has 1 aliphatic heterocycles. The average molecular weight is 278 g/mol.